The monoisotopic (exact) mass is 288 g/mol. The lowest BCUT2D eigenvalue weighted by atomic mass is 10.3. The zero-order valence-corrected chi connectivity index (χ0v) is 11.5. The number of hydrogen-bond acceptors (Lipinski definition) is 5. The molecule has 0 aliphatic heterocycles. The smallest absolute Gasteiger partial charge is 0.276 e. The van der Waals surface area contributed by atoms with Crippen molar-refractivity contribution in [2.24, 2.45) is 0 Å². The summed E-state index contributed by atoms with van der Waals surface area (Å²) in [5.41, 5.74) is 1.32. The average Bonchev–Trinajstić information content (AvgIpc) is 3.19. The molecule has 3 rings (SSSR count). The van der Waals surface area contributed by atoms with Gasteiger partial charge < -0.3 is 9.73 Å². The molecule has 0 aromatic carbocycles. The number of carbonyl (C=O) groups is 1. The van der Waals surface area contributed by atoms with Gasteiger partial charge in [0.2, 0.25) is 0 Å². The summed E-state index contributed by atoms with van der Waals surface area (Å²) in [6.07, 6.45) is 2.41. The van der Waals surface area contributed by atoms with Crippen LogP contribution < -0.4 is 5.32 Å². The minimum atomic E-state index is -0.284. The number of nitrogens with one attached hydrogen (secondary N) is 2. The number of hydrogen-bond donors (Lipinski definition) is 2. The van der Waals surface area contributed by atoms with Crippen molar-refractivity contribution in [2.45, 2.75) is 13.3 Å². The summed E-state index contributed by atoms with van der Waals surface area (Å²) in [7, 11) is 0. The Morgan fingerprint density at radius 2 is 2.45 bits per heavy atom. The summed E-state index contributed by atoms with van der Waals surface area (Å²) in [6.45, 7) is 2.01. The van der Waals surface area contributed by atoms with Gasteiger partial charge in [0.15, 0.2) is 16.6 Å². The number of furan rings is 1. The molecule has 0 aliphatic rings. The summed E-state index contributed by atoms with van der Waals surface area (Å²) in [5.74, 6) is 0.870. The van der Waals surface area contributed by atoms with Crippen LogP contribution in [0, 0.1) is 0 Å². The van der Waals surface area contributed by atoms with Gasteiger partial charge in [-0.15, -0.1) is 11.3 Å². The molecule has 20 heavy (non-hydrogen) atoms. The third kappa shape index (κ3) is 2.48. The molecule has 0 fully saturated rings. The van der Waals surface area contributed by atoms with Crippen molar-refractivity contribution in [3.05, 3.63) is 41.2 Å². The number of anilines is 1. The number of aromatic nitrogens is 3. The highest BCUT2D eigenvalue weighted by Crippen LogP contribution is 2.24. The molecule has 1 amide bonds. The van der Waals surface area contributed by atoms with Gasteiger partial charge in [0.1, 0.15) is 5.69 Å². The Bertz CT molecular complexity index is 714. The molecule has 0 bridgehead atoms. The number of aromatic amines is 1. The van der Waals surface area contributed by atoms with Crippen molar-refractivity contribution in [1.82, 2.24) is 15.2 Å². The highest BCUT2D eigenvalue weighted by atomic mass is 32.1. The Morgan fingerprint density at radius 3 is 3.15 bits per heavy atom. The van der Waals surface area contributed by atoms with E-state index in [0.717, 1.165) is 12.1 Å². The number of aryl methyl sites for hydroxylation is 1. The Morgan fingerprint density at radius 1 is 1.55 bits per heavy atom. The predicted octanol–water partition coefficient (Wildman–Crippen LogP) is 2.94. The molecule has 0 aliphatic carbocycles. The molecule has 0 spiro atoms. The molecule has 3 heterocycles. The van der Waals surface area contributed by atoms with E-state index >= 15 is 0 Å². The van der Waals surface area contributed by atoms with Crippen molar-refractivity contribution in [2.75, 3.05) is 5.32 Å². The Labute approximate surface area is 118 Å². The number of H-pyrrole nitrogens is 1. The average molecular weight is 288 g/mol. The predicted molar refractivity (Wildman–Crippen MR) is 75.7 cm³/mol. The molecule has 0 saturated carbocycles. The molecular weight excluding hydrogens is 276 g/mol. The summed E-state index contributed by atoms with van der Waals surface area (Å²) < 4.78 is 5.25. The van der Waals surface area contributed by atoms with Crippen molar-refractivity contribution < 1.29 is 9.21 Å². The molecule has 0 radical (unpaired) electrons. The summed E-state index contributed by atoms with van der Waals surface area (Å²) in [6, 6.07) is 5.39. The number of nitrogens with zero attached hydrogens (tertiary/aromatic N) is 2. The van der Waals surface area contributed by atoms with E-state index in [1.54, 1.807) is 23.8 Å². The van der Waals surface area contributed by atoms with Gasteiger partial charge in [-0.3, -0.25) is 9.89 Å². The van der Waals surface area contributed by atoms with Gasteiger partial charge in [0.25, 0.3) is 5.91 Å². The number of rotatable bonds is 4. The lowest BCUT2D eigenvalue weighted by Gasteiger charge is -1.96. The van der Waals surface area contributed by atoms with Crippen LogP contribution in [0.2, 0.25) is 0 Å². The van der Waals surface area contributed by atoms with Crippen LogP contribution in [0.25, 0.3) is 10.8 Å². The normalized spacial score (nSPS) is 10.7. The van der Waals surface area contributed by atoms with E-state index in [4.69, 9.17) is 4.42 Å². The molecule has 0 atom stereocenters. The van der Waals surface area contributed by atoms with Crippen LogP contribution in [0.5, 0.6) is 0 Å². The summed E-state index contributed by atoms with van der Waals surface area (Å²) in [5, 5.41) is 11.9. The maximum atomic E-state index is 12.0. The minimum Gasteiger partial charge on any atom is -0.462 e. The third-order valence-corrected chi connectivity index (χ3v) is 3.58. The zero-order chi connectivity index (χ0) is 13.9. The fraction of sp³-hybridized carbons (Fsp3) is 0.154. The number of carbonyl (C=O) groups excluding carboxylic acids is 1. The van der Waals surface area contributed by atoms with E-state index in [1.807, 2.05) is 13.0 Å². The molecule has 2 N–H and O–H groups in total. The van der Waals surface area contributed by atoms with Gasteiger partial charge in [0, 0.05) is 17.1 Å². The SMILES string of the molecule is CCc1cc(NC(=O)c2csc(-c3ccco3)n2)n[nH]1. The van der Waals surface area contributed by atoms with Gasteiger partial charge in [-0.05, 0) is 18.6 Å². The highest BCUT2D eigenvalue weighted by molar-refractivity contribution is 7.13. The topological polar surface area (TPSA) is 83.8 Å². The van der Waals surface area contributed by atoms with Gasteiger partial charge in [-0.2, -0.15) is 5.10 Å². The van der Waals surface area contributed by atoms with Gasteiger partial charge in [0.05, 0.1) is 6.26 Å². The first kappa shape index (κ1) is 12.6. The van der Waals surface area contributed by atoms with E-state index < -0.39 is 0 Å². The first-order chi connectivity index (χ1) is 9.76. The van der Waals surface area contributed by atoms with Crippen molar-refractivity contribution in [3.63, 3.8) is 0 Å². The quantitative estimate of drug-likeness (QED) is 0.773. The summed E-state index contributed by atoms with van der Waals surface area (Å²) >= 11 is 1.36. The van der Waals surface area contributed by atoms with Crippen molar-refractivity contribution in [3.8, 4) is 10.8 Å². The van der Waals surface area contributed by atoms with E-state index in [2.05, 4.69) is 20.5 Å². The van der Waals surface area contributed by atoms with E-state index in [-0.39, 0.29) is 5.91 Å². The van der Waals surface area contributed by atoms with Crippen molar-refractivity contribution in [1.29, 1.82) is 0 Å². The van der Waals surface area contributed by atoms with Crippen LogP contribution in [-0.4, -0.2) is 21.1 Å². The Hall–Kier alpha value is -2.41. The molecule has 7 heteroatoms. The lowest BCUT2D eigenvalue weighted by molar-refractivity contribution is 0.102. The first-order valence-corrected chi connectivity index (χ1v) is 6.99. The van der Waals surface area contributed by atoms with Crippen LogP contribution in [0.15, 0.2) is 34.3 Å². The summed E-state index contributed by atoms with van der Waals surface area (Å²) in [4.78, 5) is 16.3. The van der Waals surface area contributed by atoms with Crippen LogP contribution in [0.3, 0.4) is 0 Å². The maximum Gasteiger partial charge on any atom is 0.276 e. The molecular formula is C13H12N4O2S. The first-order valence-electron chi connectivity index (χ1n) is 6.11. The lowest BCUT2D eigenvalue weighted by Crippen LogP contribution is -2.12. The number of thiazole rings is 1. The van der Waals surface area contributed by atoms with Gasteiger partial charge >= 0.3 is 0 Å². The maximum absolute atomic E-state index is 12.0. The standard InChI is InChI=1S/C13H12N4O2S/c1-2-8-6-11(17-16-8)15-12(18)9-7-20-13(14-9)10-4-3-5-19-10/h3-7H,2H2,1H3,(H2,15,16,17,18). The van der Waals surface area contributed by atoms with Crippen molar-refractivity contribution >= 4 is 23.1 Å². The number of amides is 1. The largest absolute Gasteiger partial charge is 0.462 e. The van der Waals surface area contributed by atoms with Gasteiger partial charge in [-0.1, -0.05) is 6.92 Å². The second-order valence-electron chi connectivity index (χ2n) is 4.10. The Kier molecular flexibility index (Phi) is 3.34. The van der Waals surface area contributed by atoms with Crippen LogP contribution in [-0.2, 0) is 6.42 Å². The van der Waals surface area contributed by atoms with E-state index in [0.29, 0.717) is 22.3 Å². The Balaban J connectivity index is 1.74. The third-order valence-electron chi connectivity index (χ3n) is 2.72. The van der Waals surface area contributed by atoms with Crippen LogP contribution in [0.4, 0.5) is 5.82 Å². The van der Waals surface area contributed by atoms with Gasteiger partial charge in [-0.25, -0.2) is 4.98 Å². The molecule has 3 aromatic heterocycles. The fourth-order valence-corrected chi connectivity index (χ4v) is 2.44. The van der Waals surface area contributed by atoms with Crippen LogP contribution >= 0.6 is 11.3 Å². The second-order valence-corrected chi connectivity index (χ2v) is 4.96. The van der Waals surface area contributed by atoms with E-state index in [9.17, 15) is 4.79 Å². The molecule has 102 valence electrons. The molecule has 3 aromatic rings. The zero-order valence-electron chi connectivity index (χ0n) is 10.7. The van der Waals surface area contributed by atoms with E-state index in [1.165, 1.54) is 11.3 Å². The molecule has 0 saturated heterocycles. The molecule has 0 unspecified atom stereocenters. The fourth-order valence-electron chi connectivity index (χ4n) is 1.68. The minimum absolute atomic E-state index is 0.284. The second kappa shape index (κ2) is 5.30. The highest BCUT2D eigenvalue weighted by Gasteiger charge is 2.14. The van der Waals surface area contributed by atoms with Crippen LogP contribution in [0.1, 0.15) is 23.1 Å². The molecule has 6 nitrogen and oxygen atoms in total.